The minimum absolute atomic E-state index is 0.0199. The number of allylic oxidation sites excluding steroid dienone is 2. The van der Waals surface area contributed by atoms with Gasteiger partial charge in [0.1, 0.15) is 52.0 Å². The minimum atomic E-state index is -0.851. The van der Waals surface area contributed by atoms with Gasteiger partial charge < -0.3 is 19.0 Å². The molecule has 103 heavy (non-hydrogen) atoms. The van der Waals surface area contributed by atoms with Crippen molar-refractivity contribution in [3.05, 3.63) is 48.0 Å². The van der Waals surface area contributed by atoms with Gasteiger partial charge in [0.05, 0.1) is 31.7 Å². The molecule has 19 nitrogen and oxygen atoms in total. The summed E-state index contributed by atoms with van der Waals surface area (Å²) in [6, 6.07) is 9.40. The van der Waals surface area contributed by atoms with Crippen LogP contribution >= 0.6 is 0 Å². The number of hydrogen-bond donors (Lipinski definition) is 0. The van der Waals surface area contributed by atoms with E-state index >= 15 is 0 Å². The fourth-order valence-corrected chi connectivity index (χ4v) is 6.95. The summed E-state index contributed by atoms with van der Waals surface area (Å²) in [5.74, 6) is -1.24. The largest absolute Gasteiger partial charge is 0.469 e. The van der Waals surface area contributed by atoms with Crippen LogP contribution < -0.4 is 0 Å². The number of carbonyl (C=O) groups excluding carboxylic acids is 16. The highest BCUT2D eigenvalue weighted by molar-refractivity contribution is 6.35. The summed E-state index contributed by atoms with van der Waals surface area (Å²) >= 11 is 0. The van der Waals surface area contributed by atoms with Crippen molar-refractivity contribution in [3.8, 4) is 0 Å². The molecule has 0 aliphatic heterocycles. The number of methoxy groups -OCH3 is 2. The predicted octanol–water partition coefficient (Wildman–Crippen LogP) is 18.4. The standard InChI is InChI=1S/2C13H22O3.C11H14O.C9H16O2.C9H14O2.C8H16O2.C7H12O3.C6H12O2.C6H12O.C2H6/c1-9(14)7-13(6,10(2)15)8-11(16)12(3,4)5;1-9(14)7-13(6,8-10(2)15)11(16)12(3,4)5;1-11(2,3)10(12)9-7-5-4-6-8-9;2*1-7(10)5-6-8(11)9(2,3)4;1-5-6-10-7(9)8(2,3)4;1-7(2,3)5(8)6(9)10-4;1-6(2,3)5(7)8-4;1-5(7)6(2,3)4;1-2/h2*7-8H2,1-6H3;4-8H,1-3H3;5-6H2,1-4H3;5-6H,1-4H3;5-6H2,1-4H3;1-4H3;1-4H3;1-4H3;1-2H3/b;;;;6-5+;;;;;. The average molecular weight is 1460 g/mol. The lowest BCUT2D eigenvalue weighted by atomic mass is 9.68. The van der Waals surface area contributed by atoms with Crippen molar-refractivity contribution in [2.75, 3.05) is 20.8 Å². The Bertz CT molecular complexity index is 2870. The van der Waals surface area contributed by atoms with Gasteiger partial charge in [-0.2, -0.15) is 0 Å². The first-order chi connectivity index (χ1) is 45.5. The SMILES string of the molecule is CC.CC(=O)/C=C/C(=O)C(C)(C)C.CC(=O)C(C)(C)C.CC(=O)CC(C)(CC(=O)C(C)(C)C)C(C)=O.CC(=O)CC(C)(CC(C)=O)C(=O)C(C)(C)C.CC(=O)CCC(=O)C(C)(C)C.CC(C)(C)C(=O)c1ccccc1.CCCOC(=O)C(C)(C)C.COC(=O)C(=O)C(C)(C)C.COC(=O)C(C)(C)C. The molecule has 1 unspecified atom stereocenters. The van der Waals surface area contributed by atoms with E-state index in [1.165, 1.54) is 67.9 Å². The van der Waals surface area contributed by atoms with Crippen LogP contribution in [0, 0.1) is 59.6 Å². The Morgan fingerprint density at radius 1 is 0.359 bits per heavy atom. The second-order valence-corrected chi connectivity index (χ2v) is 35.1. The molecule has 0 bridgehead atoms. The molecule has 0 radical (unpaired) electrons. The van der Waals surface area contributed by atoms with Gasteiger partial charge in [-0.05, 0) is 109 Å². The molecule has 0 aromatic heterocycles. The molecular weight excluding hydrogens is 1310 g/mol. The van der Waals surface area contributed by atoms with E-state index in [2.05, 4.69) is 9.47 Å². The maximum absolute atomic E-state index is 12.3. The van der Waals surface area contributed by atoms with E-state index in [0.717, 1.165) is 12.0 Å². The fourth-order valence-electron chi connectivity index (χ4n) is 6.95. The number of ether oxygens (including phenoxy) is 3. The number of carbonyl (C=O) groups is 16. The van der Waals surface area contributed by atoms with Gasteiger partial charge >= 0.3 is 17.9 Å². The third kappa shape index (κ3) is 64.4. The molecule has 0 amide bonds. The summed E-state index contributed by atoms with van der Waals surface area (Å²) < 4.78 is 13.6. The Labute approximate surface area is 624 Å². The number of ketones is 13. The van der Waals surface area contributed by atoms with Crippen LogP contribution in [0.15, 0.2) is 42.5 Å². The Balaban J connectivity index is -0.000000139. The maximum Gasteiger partial charge on any atom is 0.374 e. The van der Waals surface area contributed by atoms with Crippen LogP contribution in [0.25, 0.3) is 0 Å². The van der Waals surface area contributed by atoms with Gasteiger partial charge in [-0.1, -0.05) is 210 Å². The zero-order valence-corrected chi connectivity index (χ0v) is 72.5. The van der Waals surface area contributed by atoms with Gasteiger partial charge in [-0.15, -0.1) is 0 Å². The summed E-state index contributed by atoms with van der Waals surface area (Å²) in [6.07, 6.45) is 4.87. The van der Waals surface area contributed by atoms with Crippen molar-refractivity contribution in [2.45, 2.75) is 315 Å². The van der Waals surface area contributed by atoms with Crippen molar-refractivity contribution < 1.29 is 90.9 Å². The summed E-state index contributed by atoms with van der Waals surface area (Å²) in [5.41, 5.74) is -4.32. The highest BCUT2D eigenvalue weighted by Crippen LogP contribution is 2.36. The van der Waals surface area contributed by atoms with Crippen molar-refractivity contribution in [1.29, 1.82) is 0 Å². The Morgan fingerprint density at radius 2 is 0.718 bits per heavy atom. The van der Waals surface area contributed by atoms with E-state index in [1.807, 2.05) is 217 Å². The molecule has 0 spiro atoms. The summed E-state index contributed by atoms with van der Waals surface area (Å²) in [5, 5.41) is 0. The van der Waals surface area contributed by atoms with Crippen molar-refractivity contribution in [1.82, 2.24) is 0 Å². The lowest BCUT2D eigenvalue weighted by molar-refractivity contribution is -0.155. The number of rotatable bonds is 19. The molecule has 1 aromatic rings. The second kappa shape index (κ2) is 51.3. The average Bonchev–Trinajstić information content (AvgIpc) is 0.817. The molecule has 19 heteroatoms. The maximum atomic E-state index is 12.3. The zero-order chi connectivity index (χ0) is 85.0. The Morgan fingerprint density at radius 3 is 0.932 bits per heavy atom. The molecule has 1 rings (SSSR count). The molecule has 1 atom stereocenters. The van der Waals surface area contributed by atoms with Crippen LogP contribution in [-0.4, -0.2) is 114 Å². The third-order valence-electron chi connectivity index (χ3n) is 13.8. The number of Topliss-reactive ketones (excluding diaryl/α,β-unsaturated/α-hetero) is 11. The molecule has 0 N–H and O–H groups in total. The molecule has 0 saturated carbocycles. The lowest BCUT2D eigenvalue weighted by Gasteiger charge is -2.32. The van der Waals surface area contributed by atoms with E-state index in [0.29, 0.717) is 19.4 Å². The van der Waals surface area contributed by atoms with Gasteiger partial charge in [-0.25, -0.2) is 4.79 Å². The summed E-state index contributed by atoms with van der Waals surface area (Å²) in [6.45, 7) is 69.8. The first-order valence-electron chi connectivity index (χ1n) is 35.3. The fraction of sp³-hybridized carbons (Fsp3) is 0.714. The normalized spacial score (nSPS) is 11.9. The van der Waals surface area contributed by atoms with Gasteiger partial charge in [0.2, 0.25) is 5.78 Å². The first-order valence-corrected chi connectivity index (χ1v) is 35.3. The molecule has 1 aromatic carbocycles. The quantitative estimate of drug-likeness (QED) is 0.0408. The number of hydrogen-bond acceptors (Lipinski definition) is 19. The molecule has 0 saturated heterocycles. The van der Waals surface area contributed by atoms with Crippen molar-refractivity contribution in [2.24, 2.45) is 59.6 Å². The smallest absolute Gasteiger partial charge is 0.374 e. The van der Waals surface area contributed by atoms with Crippen LogP contribution in [0.3, 0.4) is 0 Å². The van der Waals surface area contributed by atoms with Gasteiger partial charge in [-0.3, -0.25) is 67.1 Å². The highest BCUT2D eigenvalue weighted by atomic mass is 16.5. The van der Waals surface area contributed by atoms with Crippen molar-refractivity contribution in [3.63, 3.8) is 0 Å². The topological polar surface area (TPSA) is 301 Å². The second-order valence-electron chi connectivity index (χ2n) is 35.1. The molecular formula is C84H146O19. The van der Waals surface area contributed by atoms with Crippen LogP contribution in [0.4, 0.5) is 0 Å². The number of benzene rings is 1. The van der Waals surface area contributed by atoms with E-state index in [-0.39, 0.29) is 140 Å². The molecule has 596 valence electrons. The van der Waals surface area contributed by atoms with Crippen LogP contribution in [0.2, 0.25) is 0 Å². The molecule has 0 fully saturated rings. The van der Waals surface area contributed by atoms with E-state index in [4.69, 9.17) is 4.74 Å². The van der Waals surface area contributed by atoms with Gasteiger partial charge in [0.15, 0.2) is 17.3 Å². The van der Waals surface area contributed by atoms with E-state index in [1.54, 1.807) is 41.5 Å². The minimum Gasteiger partial charge on any atom is -0.469 e. The molecule has 0 aliphatic rings. The predicted molar refractivity (Wildman–Crippen MR) is 415 cm³/mol. The van der Waals surface area contributed by atoms with E-state index in [9.17, 15) is 76.7 Å². The van der Waals surface area contributed by atoms with Crippen LogP contribution in [0.1, 0.15) is 325 Å². The zero-order valence-electron chi connectivity index (χ0n) is 72.5. The van der Waals surface area contributed by atoms with Crippen LogP contribution in [0.5, 0.6) is 0 Å². The molecule has 0 aliphatic carbocycles. The van der Waals surface area contributed by atoms with E-state index < -0.39 is 38.8 Å². The van der Waals surface area contributed by atoms with Crippen LogP contribution in [-0.2, 0) is 86.1 Å². The van der Waals surface area contributed by atoms with Gasteiger partial charge in [0.25, 0.3) is 0 Å². The Hall–Kier alpha value is -6.92. The Kier molecular flexibility index (Phi) is 57.1. The highest BCUT2D eigenvalue weighted by Gasteiger charge is 2.42. The van der Waals surface area contributed by atoms with Crippen molar-refractivity contribution >= 4 is 93.1 Å². The summed E-state index contributed by atoms with van der Waals surface area (Å²) in [7, 11) is 2.60. The van der Waals surface area contributed by atoms with Gasteiger partial charge in [0, 0.05) is 92.8 Å². The first kappa shape index (κ1) is 115. The third-order valence-corrected chi connectivity index (χ3v) is 13.8. The number of esters is 3. The lowest BCUT2D eigenvalue weighted by Crippen LogP contribution is -2.39. The molecule has 0 heterocycles. The summed E-state index contributed by atoms with van der Waals surface area (Å²) in [4.78, 5) is 178. The monoisotopic (exact) mass is 1460 g/mol.